The molecule has 0 unspecified atom stereocenters. The lowest BCUT2D eigenvalue weighted by Crippen LogP contribution is -2.09. The van der Waals surface area contributed by atoms with E-state index in [4.69, 9.17) is 0 Å². The van der Waals surface area contributed by atoms with E-state index < -0.39 is 0 Å². The molecule has 0 radical (unpaired) electrons. The molecule has 0 heterocycles. The number of nitrogens with zero attached hydrogens (tertiary/aromatic N) is 2. The number of hydrogen-bond acceptors (Lipinski definition) is 2. The summed E-state index contributed by atoms with van der Waals surface area (Å²) in [5.74, 6) is 0. The molecule has 0 saturated carbocycles. The fraction of sp³-hybridized carbons (Fsp3) is 0.185. The zero-order valence-corrected chi connectivity index (χ0v) is 17.6. The van der Waals surface area contributed by atoms with Gasteiger partial charge < -0.3 is 0 Å². The Balaban J connectivity index is 2.05. The van der Waals surface area contributed by atoms with Crippen LogP contribution in [0.25, 0.3) is 17.2 Å². The first kappa shape index (κ1) is 20.3. The summed E-state index contributed by atoms with van der Waals surface area (Å²) in [5, 5.41) is 9.57. The minimum Gasteiger partial charge on any atom is -0.292 e. The van der Waals surface area contributed by atoms with E-state index in [-0.39, 0.29) is 0 Å². The van der Waals surface area contributed by atoms with Gasteiger partial charge in [-0.25, -0.2) is 0 Å². The lowest BCUT2D eigenvalue weighted by molar-refractivity contribution is 1.24. The monoisotopic (exact) mass is 378 g/mol. The van der Waals surface area contributed by atoms with Crippen molar-refractivity contribution in [2.75, 3.05) is 7.05 Å². The van der Waals surface area contributed by atoms with E-state index in [9.17, 15) is 5.26 Å². The molecule has 0 aliphatic heterocycles. The molecule has 2 heteroatoms. The van der Waals surface area contributed by atoms with Crippen LogP contribution in [0.1, 0.15) is 38.9 Å². The maximum absolute atomic E-state index is 9.57. The third-order valence-corrected chi connectivity index (χ3v) is 5.66. The molecule has 0 fully saturated rings. The van der Waals surface area contributed by atoms with Gasteiger partial charge in [-0.15, -0.1) is 0 Å². The molecule has 3 aromatic carbocycles. The first-order valence-electron chi connectivity index (χ1n) is 9.77. The minimum atomic E-state index is 0.619. The number of aryl methyl sites for hydroxylation is 1. The third kappa shape index (κ3) is 4.05. The zero-order valence-electron chi connectivity index (χ0n) is 17.6. The van der Waals surface area contributed by atoms with Gasteiger partial charge in [0, 0.05) is 19.2 Å². The molecular formula is C27H26N2. The number of nitriles is 1. The predicted molar refractivity (Wildman–Crippen MR) is 124 cm³/mol. The van der Waals surface area contributed by atoms with Gasteiger partial charge in [-0.3, -0.25) is 4.99 Å². The highest BCUT2D eigenvalue weighted by atomic mass is 14.7. The molecule has 0 aliphatic rings. The number of aliphatic imine (C=N–C) groups is 1. The van der Waals surface area contributed by atoms with Crippen LogP contribution in [0.3, 0.4) is 0 Å². The molecule has 0 atom stereocenters. The molecule has 2 nitrogen and oxygen atoms in total. The van der Waals surface area contributed by atoms with Gasteiger partial charge in [0.25, 0.3) is 0 Å². The van der Waals surface area contributed by atoms with Crippen LogP contribution in [-0.4, -0.2) is 12.8 Å². The van der Waals surface area contributed by atoms with Crippen LogP contribution in [0.4, 0.5) is 0 Å². The Morgan fingerprint density at radius 2 is 1.69 bits per heavy atom. The molecule has 0 spiro atoms. The van der Waals surface area contributed by atoms with E-state index in [1.165, 1.54) is 27.8 Å². The first-order chi connectivity index (χ1) is 14.0. The lowest BCUT2D eigenvalue weighted by atomic mass is 9.88. The Morgan fingerprint density at radius 1 is 1.00 bits per heavy atom. The largest absolute Gasteiger partial charge is 0.292 e. The zero-order chi connectivity index (χ0) is 21.0. The normalized spacial score (nSPS) is 11.2. The Morgan fingerprint density at radius 3 is 2.34 bits per heavy atom. The fourth-order valence-electron chi connectivity index (χ4n) is 3.74. The predicted octanol–water partition coefficient (Wildman–Crippen LogP) is 6.46. The average Bonchev–Trinajstić information content (AvgIpc) is 2.74. The molecule has 144 valence electrons. The second kappa shape index (κ2) is 8.71. The Bertz CT molecular complexity index is 1140. The van der Waals surface area contributed by atoms with Crippen LogP contribution < -0.4 is 0 Å². The standard InChI is InChI=1S/C27H26N2/c1-6-21-13-14-22(23(15-21)17-28)16-27(29-5)26-12-8-11-25(20(26)4)24-10-7-9-18(2)19(24)3/h6-15H,1,16H2,2-5H3. The molecule has 0 aromatic heterocycles. The summed E-state index contributed by atoms with van der Waals surface area (Å²) in [6.07, 6.45) is 2.38. The highest BCUT2D eigenvalue weighted by Crippen LogP contribution is 2.30. The van der Waals surface area contributed by atoms with E-state index in [0.717, 1.165) is 22.4 Å². The Kier molecular flexibility index (Phi) is 6.10. The van der Waals surface area contributed by atoms with Gasteiger partial charge in [-0.05, 0) is 71.3 Å². The van der Waals surface area contributed by atoms with E-state index >= 15 is 0 Å². The Labute approximate surface area is 173 Å². The van der Waals surface area contributed by atoms with Crippen molar-refractivity contribution in [1.29, 1.82) is 5.26 Å². The quantitative estimate of drug-likeness (QED) is 0.470. The molecule has 0 aliphatic carbocycles. The van der Waals surface area contributed by atoms with Crippen molar-refractivity contribution in [2.45, 2.75) is 27.2 Å². The number of hydrogen-bond donors (Lipinski definition) is 0. The lowest BCUT2D eigenvalue weighted by Gasteiger charge is -2.16. The van der Waals surface area contributed by atoms with Gasteiger partial charge in [-0.1, -0.05) is 61.2 Å². The van der Waals surface area contributed by atoms with E-state index in [2.05, 4.69) is 74.8 Å². The summed E-state index contributed by atoms with van der Waals surface area (Å²) in [6, 6.07) is 21.0. The van der Waals surface area contributed by atoms with Gasteiger partial charge >= 0.3 is 0 Å². The maximum atomic E-state index is 9.57. The molecule has 0 saturated heterocycles. The van der Waals surface area contributed by atoms with Crippen molar-refractivity contribution in [1.82, 2.24) is 0 Å². The summed E-state index contributed by atoms with van der Waals surface area (Å²) in [7, 11) is 1.82. The van der Waals surface area contributed by atoms with E-state index in [1.807, 2.05) is 25.2 Å². The van der Waals surface area contributed by atoms with Crippen LogP contribution in [0, 0.1) is 32.1 Å². The smallest absolute Gasteiger partial charge is 0.0994 e. The molecule has 29 heavy (non-hydrogen) atoms. The van der Waals surface area contributed by atoms with Crippen LogP contribution in [0.15, 0.2) is 66.2 Å². The van der Waals surface area contributed by atoms with Crippen molar-refractivity contribution in [3.05, 3.63) is 100 Å². The molecule has 0 N–H and O–H groups in total. The first-order valence-corrected chi connectivity index (χ1v) is 9.77. The second-order valence-electron chi connectivity index (χ2n) is 7.31. The van der Waals surface area contributed by atoms with Crippen molar-refractivity contribution < 1.29 is 0 Å². The second-order valence-corrected chi connectivity index (χ2v) is 7.31. The van der Waals surface area contributed by atoms with Crippen molar-refractivity contribution >= 4 is 11.8 Å². The van der Waals surface area contributed by atoms with Gasteiger partial charge in [0.15, 0.2) is 0 Å². The van der Waals surface area contributed by atoms with Crippen molar-refractivity contribution in [3.8, 4) is 17.2 Å². The SMILES string of the molecule is C=Cc1ccc(CC(=NC)c2cccc(-c3cccc(C)c3C)c2C)c(C#N)c1. The highest BCUT2D eigenvalue weighted by Gasteiger charge is 2.15. The Hall–Kier alpha value is -3.44. The molecule has 0 amide bonds. The van der Waals surface area contributed by atoms with E-state index in [0.29, 0.717) is 12.0 Å². The summed E-state index contributed by atoms with van der Waals surface area (Å²) >= 11 is 0. The summed E-state index contributed by atoms with van der Waals surface area (Å²) in [5.41, 5.74) is 11.0. The fourth-order valence-corrected chi connectivity index (χ4v) is 3.74. The number of benzene rings is 3. The van der Waals surface area contributed by atoms with Crippen molar-refractivity contribution in [3.63, 3.8) is 0 Å². The highest BCUT2D eigenvalue weighted by molar-refractivity contribution is 6.04. The summed E-state index contributed by atoms with van der Waals surface area (Å²) < 4.78 is 0. The third-order valence-electron chi connectivity index (χ3n) is 5.66. The number of rotatable bonds is 5. The topological polar surface area (TPSA) is 36.1 Å². The maximum Gasteiger partial charge on any atom is 0.0994 e. The minimum absolute atomic E-state index is 0.619. The molecular weight excluding hydrogens is 352 g/mol. The molecule has 3 rings (SSSR count). The van der Waals surface area contributed by atoms with Gasteiger partial charge in [0.05, 0.1) is 11.6 Å². The van der Waals surface area contributed by atoms with E-state index in [1.54, 1.807) is 6.08 Å². The average molecular weight is 379 g/mol. The van der Waals surface area contributed by atoms with Gasteiger partial charge in [0.2, 0.25) is 0 Å². The summed E-state index contributed by atoms with van der Waals surface area (Å²) in [4.78, 5) is 4.59. The molecule has 3 aromatic rings. The van der Waals surface area contributed by atoms with Gasteiger partial charge in [0.1, 0.15) is 0 Å². The summed E-state index contributed by atoms with van der Waals surface area (Å²) in [6.45, 7) is 10.3. The van der Waals surface area contributed by atoms with Crippen LogP contribution >= 0.6 is 0 Å². The van der Waals surface area contributed by atoms with Gasteiger partial charge in [-0.2, -0.15) is 5.26 Å². The van der Waals surface area contributed by atoms with Crippen LogP contribution in [-0.2, 0) is 6.42 Å². The van der Waals surface area contributed by atoms with Crippen LogP contribution in [0.2, 0.25) is 0 Å². The van der Waals surface area contributed by atoms with Crippen LogP contribution in [0.5, 0.6) is 0 Å². The van der Waals surface area contributed by atoms with Crippen molar-refractivity contribution in [2.24, 2.45) is 4.99 Å². The molecule has 0 bridgehead atoms.